The number of aromatic nitrogens is 2. The van der Waals surface area contributed by atoms with Gasteiger partial charge in [0.05, 0.1) is 6.61 Å². The Morgan fingerprint density at radius 1 is 0.537 bits per heavy atom. The Bertz CT molecular complexity index is 2170. The largest absolute Gasteiger partial charge is 0.453 e. The average Bonchev–Trinajstić information content (AvgIpc) is 3.77. The first-order valence-corrected chi connectivity index (χ1v) is 18.2. The van der Waals surface area contributed by atoms with Gasteiger partial charge >= 0.3 is 6.01 Å². The van der Waals surface area contributed by atoms with Gasteiger partial charge in [-0.2, -0.15) is 4.98 Å². The average molecular weight is 711 g/mol. The van der Waals surface area contributed by atoms with Gasteiger partial charge in [-0.3, -0.25) is 9.36 Å². The molecule has 7 nitrogen and oxygen atoms in total. The molecule has 6 aromatic carbocycles. The second-order valence-electron chi connectivity index (χ2n) is 13.6. The maximum Gasteiger partial charge on any atom is 0.302 e. The van der Waals surface area contributed by atoms with E-state index in [-0.39, 0.29) is 18.2 Å². The zero-order chi connectivity index (χ0) is 36.4. The van der Waals surface area contributed by atoms with Gasteiger partial charge in [-0.1, -0.05) is 182 Å². The van der Waals surface area contributed by atoms with Crippen LogP contribution in [0.2, 0.25) is 0 Å². The lowest BCUT2D eigenvalue weighted by atomic mass is 9.79. The summed E-state index contributed by atoms with van der Waals surface area (Å²) in [4.78, 5) is 16.6. The van der Waals surface area contributed by atoms with Crippen molar-refractivity contribution in [3.8, 4) is 6.01 Å². The molecule has 0 amide bonds. The summed E-state index contributed by atoms with van der Waals surface area (Å²) in [5, 5.41) is 0. The summed E-state index contributed by atoms with van der Waals surface area (Å²) >= 11 is 0. The second kappa shape index (κ2) is 14.4. The third kappa shape index (κ3) is 5.83. The Morgan fingerprint density at radius 2 is 0.926 bits per heavy atom. The number of hydrogen-bond donors (Lipinski definition) is 0. The third-order valence-electron chi connectivity index (χ3n) is 10.5. The Kier molecular flexibility index (Phi) is 8.97. The number of nitrogens with zero attached hydrogens (tertiary/aromatic N) is 2. The maximum atomic E-state index is 12.4. The molecular weight excluding hydrogens is 673 g/mol. The minimum Gasteiger partial charge on any atom is -0.453 e. The number of rotatable bonds is 11. The molecule has 0 aliphatic carbocycles. The lowest BCUT2D eigenvalue weighted by Crippen LogP contribution is -2.47. The molecular formula is C47H38N2O5. The first-order valence-electron chi connectivity index (χ1n) is 18.2. The number of fused-ring (bicyclic) bond motifs is 3. The molecule has 7 aromatic rings. The van der Waals surface area contributed by atoms with Crippen molar-refractivity contribution in [1.29, 1.82) is 0 Å². The SMILES string of the molecule is O=c1ccn2c(n1)O[C@@H]1[C@H](OC(c3ccccc3)(c3ccccc3)c3ccccc3)[C@@H](COC(c3ccccc3)(c3ccccc3)c3ccccc3)O[C@@H]12. The topological polar surface area (TPSA) is 71.8 Å². The molecule has 4 atom stereocenters. The van der Waals surface area contributed by atoms with Crippen LogP contribution < -0.4 is 10.3 Å². The highest BCUT2D eigenvalue weighted by Crippen LogP contribution is 2.49. The van der Waals surface area contributed by atoms with Crippen molar-refractivity contribution in [3.63, 3.8) is 0 Å². The summed E-state index contributed by atoms with van der Waals surface area (Å²) in [7, 11) is 0. The van der Waals surface area contributed by atoms with E-state index in [2.05, 4.69) is 77.8 Å². The van der Waals surface area contributed by atoms with Gasteiger partial charge in [-0.15, -0.1) is 0 Å². The lowest BCUT2D eigenvalue weighted by molar-refractivity contribution is -0.133. The highest BCUT2D eigenvalue weighted by molar-refractivity contribution is 5.49. The minimum absolute atomic E-state index is 0.136. The predicted molar refractivity (Wildman–Crippen MR) is 206 cm³/mol. The van der Waals surface area contributed by atoms with Gasteiger partial charge in [0.15, 0.2) is 12.3 Å². The van der Waals surface area contributed by atoms with Crippen LogP contribution in [0.4, 0.5) is 0 Å². The molecule has 1 aromatic heterocycles. The Labute approximate surface area is 314 Å². The maximum absolute atomic E-state index is 12.4. The summed E-state index contributed by atoms with van der Waals surface area (Å²) in [6.07, 6.45) is -0.920. The zero-order valence-electron chi connectivity index (χ0n) is 29.4. The van der Waals surface area contributed by atoms with Gasteiger partial charge in [0.1, 0.15) is 23.4 Å². The van der Waals surface area contributed by atoms with E-state index in [1.165, 1.54) is 6.07 Å². The Hall–Kier alpha value is -6.12. The molecule has 0 saturated carbocycles. The molecule has 2 aliphatic rings. The number of ether oxygens (including phenoxy) is 4. The molecule has 0 N–H and O–H groups in total. The highest BCUT2D eigenvalue weighted by Gasteiger charge is 2.56. The van der Waals surface area contributed by atoms with Crippen LogP contribution in [-0.2, 0) is 25.4 Å². The molecule has 1 fully saturated rings. The lowest BCUT2D eigenvalue weighted by Gasteiger charge is -2.41. The molecule has 2 aliphatic heterocycles. The van der Waals surface area contributed by atoms with Gasteiger partial charge in [0.2, 0.25) is 0 Å². The summed E-state index contributed by atoms with van der Waals surface area (Å²) in [6.45, 7) is 0.136. The van der Waals surface area contributed by atoms with E-state index in [9.17, 15) is 4.79 Å². The van der Waals surface area contributed by atoms with E-state index in [0.29, 0.717) is 0 Å². The first-order chi connectivity index (χ1) is 26.7. The summed E-state index contributed by atoms with van der Waals surface area (Å²) < 4.78 is 30.3. The Balaban J connectivity index is 1.20. The van der Waals surface area contributed by atoms with Gasteiger partial charge < -0.3 is 18.9 Å². The zero-order valence-corrected chi connectivity index (χ0v) is 29.4. The standard InChI is InChI=1S/C47H38N2O5/c50-41-31-32-49-44-43(53-45(49)48-41)42(54-47(37-25-13-4-14-26-37,38-27-15-5-16-28-38)39-29-17-6-18-30-39)40(52-44)33-51-46(34-19-7-1-8-20-34,35-21-9-2-10-22-35)36-23-11-3-12-24-36/h1-32,40,42-44H,33H2/t40-,42-,43-,44+/m1/s1. The number of hydrogen-bond acceptors (Lipinski definition) is 6. The van der Waals surface area contributed by atoms with E-state index in [4.69, 9.17) is 18.9 Å². The predicted octanol–water partition coefficient (Wildman–Crippen LogP) is 8.29. The van der Waals surface area contributed by atoms with Crippen LogP contribution in [0, 0.1) is 0 Å². The van der Waals surface area contributed by atoms with E-state index in [1.807, 2.05) is 109 Å². The van der Waals surface area contributed by atoms with Crippen molar-refractivity contribution in [2.75, 3.05) is 6.61 Å². The summed E-state index contributed by atoms with van der Waals surface area (Å²) in [5.41, 5.74) is 3.32. The van der Waals surface area contributed by atoms with Gasteiger partial charge in [-0.05, 0) is 33.4 Å². The summed E-state index contributed by atoms with van der Waals surface area (Å²) in [6, 6.07) is 63.2. The molecule has 0 bridgehead atoms. The van der Waals surface area contributed by atoms with Crippen molar-refractivity contribution in [2.24, 2.45) is 0 Å². The molecule has 0 unspecified atom stereocenters. The fraction of sp³-hybridized carbons (Fsp3) is 0.149. The van der Waals surface area contributed by atoms with Crippen molar-refractivity contribution in [1.82, 2.24) is 9.55 Å². The van der Waals surface area contributed by atoms with Gasteiger partial charge in [0.25, 0.3) is 5.56 Å². The highest BCUT2D eigenvalue weighted by atomic mass is 16.7. The fourth-order valence-corrected chi connectivity index (χ4v) is 8.04. The van der Waals surface area contributed by atoms with Crippen LogP contribution in [-0.4, -0.2) is 34.5 Å². The molecule has 54 heavy (non-hydrogen) atoms. The molecule has 7 heteroatoms. The minimum atomic E-state index is -1.08. The van der Waals surface area contributed by atoms with Gasteiger partial charge in [0, 0.05) is 12.3 Å². The monoisotopic (exact) mass is 710 g/mol. The van der Waals surface area contributed by atoms with Crippen LogP contribution in [0.15, 0.2) is 199 Å². The quantitative estimate of drug-likeness (QED) is 0.126. The van der Waals surface area contributed by atoms with Crippen molar-refractivity contribution in [2.45, 2.75) is 35.7 Å². The molecule has 3 heterocycles. The summed E-state index contributed by atoms with van der Waals surface area (Å²) in [5.74, 6) is 0. The smallest absolute Gasteiger partial charge is 0.302 e. The van der Waals surface area contributed by atoms with Crippen molar-refractivity contribution < 1.29 is 18.9 Å². The number of benzene rings is 6. The third-order valence-corrected chi connectivity index (χ3v) is 10.5. The van der Waals surface area contributed by atoms with Crippen molar-refractivity contribution >= 4 is 0 Å². The van der Waals surface area contributed by atoms with Crippen LogP contribution in [0.1, 0.15) is 39.6 Å². The van der Waals surface area contributed by atoms with E-state index < -0.39 is 35.7 Å². The molecule has 0 spiro atoms. The normalized spacial score (nSPS) is 19.1. The Morgan fingerprint density at radius 3 is 1.33 bits per heavy atom. The van der Waals surface area contributed by atoms with Crippen LogP contribution in [0.25, 0.3) is 0 Å². The molecule has 1 saturated heterocycles. The van der Waals surface area contributed by atoms with E-state index in [0.717, 1.165) is 33.4 Å². The first kappa shape index (κ1) is 33.7. The van der Waals surface area contributed by atoms with Crippen LogP contribution in [0.3, 0.4) is 0 Å². The molecule has 0 radical (unpaired) electrons. The van der Waals surface area contributed by atoms with Crippen molar-refractivity contribution in [3.05, 3.63) is 238 Å². The van der Waals surface area contributed by atoms with Crippen LogP contribution >= 0.6 is 0 Å². The van der Waals surface area contributed by atoms with E-state index >= 15 is 0 Å². The van der Waals surface area contributed by atoms with Crippen LogP contribution in [0.5, 0.6) is 6.01 Å². The van der Waals surface area contributed by atoms with Gasteiger partial charge in [-0.25, -0.2) is 0 Å². The molecule has 9 rings (SSSR count). The van der Waals surface area contributed by atoms with E-state index in [1.54, 1.807) is 10.8 Å². The fourth-order valence-electron chi connectivity index (χ4n) is 8.04. The molecule has 266 valence electrons. The second-order valence-corrected chi connectivity index (χ2v) is 13.6.